The third kappa shape index (κ3) is 2.81. The molecule has 1 spiro atoms. The van der Waals surface area contributed by atoms with Crippen LogP contribution in [0.1, 0.15) is 23.3 Å². The number of piperidine rings is 1. The minimum Gasteiger partial charge on any atom is -0.382 e. The van der Waals surface area contributed by atoms with E-state index in [1.54, 1.807) is 23.7 Å². The first-order valence-corrected chi connectivity index (χ1v) is 9.15. The highest BCUT2D eigenvalue weighted by atomic mass is 32.1. The molecule has 0 unspecified atom stereocenters. The van der Waals surface area contributed by atoms with Gasteiger partial charge >= 0.3 is 0 Å². The maximum Gasteiger partial charge on any atom is 0.141 e. The molecule has 2 aliphatic rings. The summed E-state index contributed by atoms with van der Waals surface area (Å²) in [5.41, 5.74) is 7.57. The number of halogens is 1. The van der Waals surface area contributed by atoms with Gasteiger partial charge in [0.05, 0.1) is 35.2 Å². The van der Waals surface area contributed by atoms with Crippen molar-refractivity contribution in [1.82, 2.24) is 14.9 Å². The minimum atomic E-state index is -0.280. The van der Waals surface area contributed by atoms with Crippen molar-refractivity contribution in [3.05, 3.63) is 28.9 Å². The number of anilines is 1. The molecule has 4 rings (SSSR count). The highest BCUT2D eigenvalue weighted by Gasteiger charge is 2.41. The molecule has 2 aromatic rings. The Morgan fingerprint density at radius 1 is 1.29 bits per heavy atom. The topological polar surface area (TPSA) is 64.3 Å². The summed E-state index contributed by atoms with van der Waals surface area (Å²) < 4.78 is 18.8. The molecule has 0 aliphatic carbocycles. The van der Waals surface area contributed by atoms with Gasteiger partial charge in [0.1, 0.15) is 12.5 Å². The van der Waals surface area contributed by atoms with Crippen LogP contribution in [-0.4, -0.2) is 47.8 Å². The number of nitrogens with zero attached hydrogens (tertiary/aromatic N) is 3. The molecule has 1 saturated heterocycles. The van der Waals surface area contributed by atoms with Crippen molar-refractivity contribution >= 4 is 17.2 Å². The van der Waals surface area contributed by atoms with Gasteiger partial charge in [0.2, 0.25) is 0 Å². The summed E-state index contributed by atoms with van der Waals surface area (Å²) in [6, 6.07) is 2.21. The van der Waals surface area contributed by atoms with Gasteiger partial charge in [-0.05, 0) is 24.5 Å². The average molecular weight is 348 g/mol. The zero-order valence-electron chi connectivity index (χ0n) is 13.5. The fourth-order valence-corrected chi connectivity index (χ4v) is 4.87. The van der Waals surface area contributed by atoms with Gasteiger partial charge in [-0.1, -0.05) is 0 Å². The molecule has 2 N–H and O–H groups in total. The highest BCUT2D eigenvalue weighted by Crippen LogP contribution is 2.46. The summed E-state index contributed by atoms with van der Waals surface area (Å²) in [4.78, 5) is 13.2. The first kappa shape index (κ1) is 15.9. The summed E-state index contributed by atoms with van der Waals surface area (Å²) in [7, 11) is 0. The molecular formula is C17H21FN4OS. The number of likely N-dealkylation sites (tertiary alicyclic amines) is 1. The first-order valence-electron chi connectivity index (χ1n) is 8.33. The molecule has 0 amide bonds. The number of alkyl halides is 1. The van der Waals surface area contributed by atoms with Crippen LogP contribution < -0.4 is 5.73 Å². The van der Waals surface area contributed by atoms with E-state index < -0.39 is 0 Å². The Morgan fingerprint density at radius 2 is 2.12 bits per heavy atom. The second kappa shape index (κ2) is 6.38. The van der Waals surface area contributed by atoms with Gasteiger partial charge in [-0.2, -0.15) is 0 Å². The van der Waals surface area contributed by atoms with E-state index in [4.69, 9.17) is 10.5 Å². The molecule has 0 aromatic carbocycles. The zero-order valence-corrected chi connectivity index (χ0v) is 14.3. The number of thiophene rings is 1. The quantitative estimate of drug-likeness (QED) is 0.924. The van der Waals surface area contributed by atoms with Gasteiger partial charge in [-0.15, -0.1) is 11.3 Å². The number of hydrogen-bond donors (Lipinski definition) is 1. The Bertz CT molecular complexity index is 710. The fraction of sp³-hybridized carbons (Fsp3) is 0.529. The van der Waals surface area contributed by atoms with Crippen molar-refractivity contribution in [2.24, 2.45) is 0 Å². The van der Waals surface area contributed by atoms with Crippen LogP contribution in [0.5, 0.6) is 0 Å². The molecule has 0 radical (unpaired) electrons. The highest BCUT2D eigenvalue weighted by molar-refractivity contribution is 7.15. The summed E-state index contributed by atoms with van der Waals surface area (Å²) in [5, 5.41) is 0. The Balaban J connectivity index is 1.62. The number of hydrogen-bond acceptors (Lipinski definition) is 6. The minimum absolute atomic E-state index is 0.212. The van der Waals surface area contributed by atoms with E-state index in [1.807, 2.05) is 0 Å². The second-order valence-electron chi connectivity index (χ2n) is 6.40. The maximum absolute atomic E-state index is 12.6. The first-order chi connectivity index (χ1) is 11.7. The summed E-state index contributed by atoms with van der Waals surface area (Å²) >= 11 is 1.78. The molecule has 4 heterocycles. The summed E-state index contributed by atoms with van der Waals surface area (Å²) in [6.45, 7) is 2.77. The van der Waals surface area contributed by atoms with Crippen LogP contribution in [0.2, 0.25) is 0 Å². The molecule has 5 nitrogen and oxygen atoms in total. The van der Waals surface area contributed by atoms with Gasteiger partial charge in [0.15, 0.2) is 0 Å². The number of fused-ring (bicyclic) bond motifs is 2. The van der Waals surface area contributed by atoms with Crippen LogP contribution in [0, 0.1) is 0 Å². The van der Waals surface area contributed by atoms with Gasteiger partial charge in [-0.25, -0.2) is 14.4 Å². The Hall–Kier alpha value is -1.57. The number of aromatic nitrogens is 2. The molecule has 7 heteroatoms. The van der Waals surface area contributed by atoms with E-state index in [1.165, 1.54) is 10.4 Å². The van der Waals surface area contributed by atoms with Crippen LogP contribution in [0.3, 0.4) is 0 Å². The van der Waals surface area contributed by atoms with Crippen LogP contribution in [0.25, 0.3) is 10.6 Å². The lowest BCUT2D eigenvalue weighted by molar-refractivity contribution is -0.0973. The monoisotopic (exact) mass is 348 g/mol. The molecule has 0 bridgehead atoms. The molecule has 2 aromatic heterocycles. The van der Waals surface area contributed by atoms with E-state index in [0.717, 1.165) is 49.5 Å². The fourth-order valence-electron chi connectivity index (χ4n) is 3.68. The second-order valence-corrected chi connectivity index (χ2v) is 7.53. The van der Waals surface area contributed by atoms with E-state index >= 15 is 0 Å². The lowest BCUT2D eigenvalue weighted by atomic mass is 9.82. The van der Waals surface area contributed by atoms with Gasteiger partial charge in [0, 0.05) is 30.9 Å². The van der Waals surface area contributed by atoms with E-state index in [2.05, 4.69) is 20.9 Å². The number of ether oxygens (including phenoxy) is 1. The zero-order chi connectivity index (χ0) is 16.6. The van der Waals surface area contributed by atoms with E-state index in [9.17, 15) is 4.39 Å². The number of rotatable bonds is 3. The van der Waals surface area contributed by atoms with E-state index in [0.29, 0.717) is 12.4 Å². The Morgan fingerprint density at radius 3 is 2.83 bits per heavy atom. The third-order valence-electron chi connectivity index (χ3n) is 5.00. The maximum atomic E-state index is 12.6. The van der Waals surface area contributed by atoms with Crippen molar-refractivity contribution < 1.29 is 9.13 Å². The lowest BCUT2D eigenvalue weighted by Gasteiger charge is -2.43. The standard InChI is InChI=1S/C17H21FN4OS/c18-4-7-22-5-2-17(3-6-22)12-9-15(24-14(12)1-8-23-17)13-10-21-16(19)11-20-13/h9-11H,1-8H2,(H2,19,21). The molecule has 128 valence electrons. The van der Waals surface area contributed by atoms with Crippen LogP contribution in [-0.2, 0) is 16.8 Å². The molecule has 24 heavy (non-hydrogen) atoms. The molecular weight excluding hydrogens is 327 g/mol. The van der Waals surface area contributed by atoms with Crippen LogP contribution in [0.4, 0.5) is 10.2 Å². The Kier molecular flexibility index (Phi) is 4.24. The summed E-state index contributed by atoms with van der Waals surface area (Å²) in [5.74, 6) is 0.431. The van der Waals surface area contributed by atoms with Gasteiger partial charge in [-0.3, -0.25) is 0 Å². The van der Waals surface area contributed by atoms with Crippen molar-refractivity contribution in [3.8, 4) is 10.6 Å². The van der Waals surface area contributed by atoms with Gasteiger partial charge in [0.25, 0.3) is 0 Å². The van der Waals surface area contributed by atoms with Crippen LogP contribution in [0.15, 0.2) is 18.5 Å². The van der Waals surface area contributed by atoms with Crippen molar-refractivity contribution in [2.45, 2.75) is 24.9 Å². The summed E-state index contributed by atoms with van der Waals surface area (Å²) in [6.07, 6.45) is 6.10. The van der Waals surface area contributed by atoms with Gasteiger partial charge < -0.3 is 15.4 Å². The number of nitrogens with two attached hydrogens (primary N) is 1. The number of nitrogen functional groups attached to an aromatic ring is 1. The van der Waals surface area contributed by atoms with Crippen molar-refractivity contribution in [3.63, 3.8) is 0 Å². The predicted octanol–water partition coefficient (Wildman–Crippen LogP) is 2.62. The Labute approximate surface area is 144 Å². The van der Waals surface area contributed by atoms with Crippen molar-refractivity contribution in [2.75, 3.05) is 38.6 Å². The average Bonchev–Trinajstić information content (AvgIpc) is 3.04. The molecule has 0 atom stereocenters. The smallest absolute Gasteiger partial charge is 0.141 e. The van der Waals surface area contributed by atoms with Crippen LogP contribution >= 0.6 is 11.3 Å². The van der Waals surface area contributed by atoms with E-state index in [-0.39, 0.29) is 12.3 Å². The molecule has 2 aliphatic heterocycles. The van der Waals surface area contributed by atoms with Crippen molar-refractivity contribution in [1.29, 1.82) is 0 Å². The molecule has 1 fully saturated rings. The largest absolute Gasteiger partial charge is 0.382 e. The third-order valence-corrected chi connectivity index (χ3v) is 6.21. The normalized spacial score (nSPS) is 20.2. The predicted molar refractivity (Wildman–Crippen MR) is 92.7 cm³/mol. The lowest BCUT2D eigenvalue weighted by Crippen LogP contribution is -2.46. The SMILES string of the molecule is Nc1cnc(-c2cc3c(s2)CCOC32CCN(CCF)CC2)cn1. The molecule has 0 saturated carbocycles.